The quantitative estimate of drug-likeness (QED) is 0.0740. The van der Waals surface area contributed by atoms with Crippen LogP contribution in [0.5, 0.6) is 0 Å². The van der Waals surface area contributed by atoms with Crippen LogP contribution in [0.3, 0.4) is 0 Å². The molecule has 0 aliphatic rings. The predicted octanol–water partition coefficient (Wildman–Crippen LogP) is 4.18. The summed E-state index contributed by atoms with van der Waals surface area (Å²) in [6, 6.07) is 0. The summed E-state index contributed by atoms with van der Waals surface area (Å²) in [5.74, 6) is -1.19. The van der Waals surface area contributed by atoms with Crippen molar-refractivity contribution in [2.75, 3.05) is 48.3 Å². The van der Waals surface area contributed by atoms with Crippen LogP contribution in [0.25, 0.3) is 0 Å². The third-order valence-electron chi connectivity index (χ3n) is 3.34. The van der Waals surface area contributed by atoms with Crippen LogP contribution < -0.4 is 0 Å². The monoisotopic (exact) mass is 764 g/mol. The lowest BCUT2D eigenvalue weighted by atomic mass is 9.91. The van der Waals surface area contributed by atoms with Crippen molar-refractivity contribution in [1.29, 1.82) is 0 Å². The summed E-state index contributed by atoms with van der Waals surface area (Å²) < 4.78 is 25.1. The van der Waals surface area contributed by atoms with Crippen LogP contribution in [-0.2, 0) is 27.9 Å². The Kier molecular flexibility index (Phi) is 26.5. The highest BCUT2D eigenvalue weighted by Gasteiger charge is 2.60. The average Bonchev–Trinajstić information content (AvgIpc) is 2.93. The van der Waals surface area contributed by atoms with Gasteiger partial charge in [0.1, 0.15) is 17.5 Å². The summed E-state index contributed by atoms with van der Waals surface area (Å²) >= 11 is 21.1. The number of rotatable bonds is 14. The molecule has 0 heterocycles. The standard InChI is InChI=1S/C13H20O8S12.C2H4O3/c1-17-8(22)27-26-7(16)12(5-14,6-15)13(31-28-9(23)18-2,32-29-10(24)19-3)21-33-30-11(25)20-4;3-1-2(4)5/h7,14-16H,5-6H2,1-4H3;3H,1H2,(H,4,5). The van der Waals surface area contributed by atoms with Crippen molar-refractivity contribution < 1.29 is 53.5 Å². The summed E-state index contributed by atoms with van der Waals surface area (Å²) in [5, 5.41) is 47.1. The average molecular weight is 765 g/mol. The SMILES string of the molecule is COC(=S)SSOC(SSC(=S)OC)(SSC(=S)OC)C(CO)(CO)C(O)SSC(=S)OC.O=C(O)CO. The molecule has 222 valence electrons. The van der Waals surface area contributed by atoms with Crippen molar-refractivity contribution in [3.05, 3.63) is 0 Å². The summed E-state index contributed by atoms with van der Waals surface area (Å²) in [6.45, 7) is -2.17. The number of carboxylic acid groups (broad SMARTS) is 1. The van der Waals surface area contributed by atoms with Gasteiger partial charge in [-0.1, -0.05) is 10.8 Å². The largest absolute Gasteiger partial charge is 0.481 e. The van der Waals surface area contributed by atoms with Crippen molar-refractivity contribution in [1.82, 2.24) is 0 Å². The molecular formula is C15H24O11S12. The number of ether oxygens (including phenoxy) is 4. The third kappa shape index (κ3) is 15.7. The molecular weight excluding hydrogens is 741 g/mol. The lowest BCUT2D eigenvalue weighted by molar-refractivity contribution is -0.140. The highest BCUT2D eigenvalue weighted by molar-refractivity contribution is 8.92. The van der Waals surface area contributed by atoms with Crippen molar-refractivity contribution in [2.24, 2.45) is 5.41 Å². The first-order valence-corrected chi connectivity index (χ1v) is 19.2. The van der Waals surface area contributed by atoms with Gasteiger partial charge >= 0.3 is 5.97 Å². The molecule has 1 unspecified atom stereocenters. The Bertz CT molecular complexity index is 735. The zero-order valence-corrected chi connectivity index (χ0v) is 29.6. The molecule has 0 amide bonds. The van der Waals surface area contributed by atoms with E-state index in [1.807, 2.05) is 0 Å². The number of aliphatic hydroxyl groups is 4. The fourth-order valence-electron chi connectivity index (χ4n) is 1.42. The van der Waals surface area contributed by atoms with Crippen LogP contribution in [-0.4, -0.2) is 107 Å². The normalized spacial score (nSPS) is 11.9. The number of carboxylic acids is 1. The van der Waals surface area contributed by atoms with E-state index < -0.39 is 40.9 Å². The van der Waals surface area contributed by atoms with Gasteiger partial charge in [-0.05, 0) is 103 Å². The third-order valence-corrected chi connectivity index (χ3v) is 16.5. The number of aliphatic hydroxyl groups excluding tert-OH is 4. The zero-order chi connectivity index (χ0) is 29.8. The lowest BCUT2D eigenvalue weighted by Crippen LogP contribution is -2.55. The predicted molar refractivity (Wildman–Crippen MR) is 180 cm³/mol. The molecule has 1 atom stereocenters. The van der Waals surface area contributed by atoms with E-state index in [0.717, 1.165) is 86.6 Å². The van der Waals surface area contributed by atoms with Crippen LogP contribution in [0.2, 0.25) is 0 Å². The highest BCUT2D eigenvalue weighted by Crippen LogP contribution is 2.64. The fraction of sp³-hybridized carbons (Fsp3) is 0.667. The van der Waals surface area contributed by atoms with Gasteiger partial charge in [-0.2, -0.15) is 0 Å². The number of methoxy groups -OCH3 is 4. The van der Waals surface area contributed by atoms with E-state index in [2.05, 4.69) is 0 Å². The maximum absolute atomic E-state index is 11.1. The van der Waals surface area contributed by atoms with Crippen LogP contribution in [0.4, 0.5) is 0 Å². The first-order valence-electron chi connectivity index (χ1n) is 9.00. The summed E-state index contributed by atoms with van der Waals surface area (Å²) in [7, 11) is 12.5. The van der Waals surface area contributed by atoms with Crippen molar-refractivity contribution in [3.8, 4) is 0 Å². The molecule has 0 aliphatic heterocycles. The van der Waals surface area contributed by atoms with Gasteiger partial charge in [0, 0.05) is 10.8 Å². The maximum atomic E-state index is 11.1. The van der Waals surface area contributed by atoms with Gasteiger partial charge < -0.3 is 44.5 Å². The molecule has 0 aromatic heterocycles. The van der Waals surface area contributed by atoms with Crippen molar-refractivity contribution >= 4 is 159 Å². The van der Waals surface area contributed by atoms with Gasteiger partial charge in [0.15, 0.2) is 0 Å². The second-order valence-corrected chi connectivity index (χ2v) is 16.8. The van der Waals surface area contributed by atoms with Crippen molar-refractivity contribution in [2.45, 2.75) is 9.70 Å². The molecule has 0 saturated carbocycles. The molecule has 0 spiro atoms. The van der Waals surface area contributed by atoms with E-state index in [9.17, 15) is 15.3 Å². The van der Waals surface area contributed by atoms with E-state index in [0.29, 0.717) is 0 Å². The van der Waals surface area contributed by atoms with Gasteiger partial charge in [0.2, 0.25) is 21.8 Å². The highest BCUT2D eigenvalue weighted by atomic mass is 33.1. The summed E-state index contributed by atoms with van der Waals surface area (Å²) in [5.41, 5.74) is -3.10. The van der Waals surface area contributed by atoms with Gasteiger partial charge in [-0.3, -0.25) is 4.18 Å². The fourth-order valence-corrected chi connectivity index (χ4v) is 12.7. The van der Waals surface area contributed by atoms with Gasteiger partial charge in [0.05, 0.1) is 52.7 Å². The molecule has 23 heteroatoms. The van der Waals surface area contributed by atoms with Crippen molar-refractivity contribution in [3.63, 3.8) is 0 Å². The number of hydrogen-bond donors (Lipinski definition) is 5. The Morgan fingerprint density at radius 2 is 1.13 bits per heavy atom. The van der Waals surface area contributed by atoms with Crippen LogP contribution in [0.15, 0.2) is 0 Å². The molecule has 5 N–H and O–H groups in total. The van der Waals surface area contributed by atoms with Crippen LogP contribution in [0.1, 0.15) is 0 Å². The molecule has 0 aromatic carbocycles. The molecule has 0 fully saturated rings. The smallest absolute Gasteiger partial charge is 0.329 e. The minimum Gasteiger partial charge on any atom is -0.481 e. The van der Waals surface area contributed by atoms with E-state index >= 15 is 0 Å². The van der Waals surface area contributed by atoms with Gasteiger partial charge in [-0.15, -0.1) is 0 Å². The topological polar surface area (TPSA) is 164 Å². The Balaban J connectivity index is 0. The molecule has 0 aliphatic carbocycles. The Morgan fingerprint density at radius 3 is 1.47 bits per heavy atom. The van der Waals surface area contributed by atoms with Gasteiger partial charge in [-0.25, -0.2) is 4.79 Å². The van der Waals surface area contributed by atoms with Crippen LogP contribution in [0, 0.1) is 5.41 Å². The maximum Gasteiger partial charge on any atom is 0.329 e. The molecule has 0 bridgehead atoms. The van der Waals surface area contributed by atoms with E-state index in [-0.39, 0.29) is 17.5 Å². The Morgan fingerprint density at radius 1 is 0.763 bits per heavy atom. The molecule has 0 radical (unpaired) electrons. The second-order valence-electron chi connectivity index (χ2n) is 5.50. The lowest BCUT2D eigenvalue weighted by Gasteiger charge is -2.47. The zero-order valence-electron chi connectivity index (χ0n) is 19.8. The van der Waals surface area contributed by atoms with Crippen LogP contribution >= 0.6 is 136 Å². The molecule has 0 rings (SSSR count). The first-order chi connectivity index (χ1) is 17.9. The number of thiocarbonyl (C=S) groups is 4. The van der Waals surface area contributed by atoms with E-state index in [1.165, 1.54) is 28.4 Å². The molecule has 38 heavy (non-hydrogen) atoms. The molecule has 0 saturated heterocycles. The Labute approximate surface area is 273 Å². The minimum absolute atomic E-state index is 0.149. The van der Waals surface area contributed by atoms with Gasteiger partial charge in [0.25, 0.3) is 0 Å². The summed E-state index contributed by atoms with van der Waals surface area (Å²) in [6.07, 6.45) is 0. The number of aliphatic carboxylic acids is 1. The summed E-state index contributed by atoms with van der Waals surface area (Å²) in [4.78, 5) is 9.12. The first kappa shape index (κ1) is 41.8. The second kappa shape index (κ2) is 24.1. The van der Waals surface area contributed by atoms with E-state index in [4.69, 9.17) is 87.0 Å². The molecule has 0 aromatic rings. The van der Waals surface area contributed by atoms with E-state index in [1.54, 1.807) is 0 Å². The minimum atomic E-state index is -1.70. The molecule has 11 nitrogen and oxygen atoms in total. The Hall–Kier alpha value is 1.63. The number of carbonyl (C=O) groups is 1. The number of hydrogen-bond acceptors (Lipinski definition) is 22.